The fourth-order valence-corrected chi connectivity index (χ4v) is 2.91. The van der Waals surface area contributed by atoms with E-state index in [1.54, 1.807) is 0 Å². The van der Waals surface area contributed by atoms with Crippen LogP contribution in [0.1, 0.15) is 36.6 Å². The van der Waals surface area contributed by atoms with E-state index in [2.05, 4.69) is 0 Å². The minimum Gasteiger partial charge on any atom is -0.490 e. The van der Waals surface area contributed by atoms with Gasteiger partial charge in [-0.1, -0.05) is 6.07 Å². The first-order chi connectivity index (χ1) is 9.33. The average Bonchev–Trinajstić information content (AvgIpc) is 2.81. The molecular weight excluding hydrogens is 264 g/mol. The Morgan fingerprint density at radius 1 is 1.11 bits per heavy atom. The van der Waals surface area contributed by atoms with Crippen molar-refractivity contribution in [3.8, 4) is 11.5 Å². The van der Waals surface area contributed by atoms with Crippen LogP contribution in [0.3, 0.4) is 0 Å². The summed E-state index contributed by atoms with van der Waals surface area (Å²) in [7, 11) is 0. The van der Waals surface area contributed by atoms with E-state index in [0.29, 0.717) is 19.3 Å². The summed E-state index contributed by atoms with van der Waals surface area (Å²) in [6.07, 6.45) is 4.35. The van der Waals surface area contributed by atoms with Crippen LogP contribution in [-0.2, 0) is 4.74 Å². The highest BCUT2D eigenvalue weighted by Gasteiger charge is 2.21. The topological polar surface area (TPSA) is 27.7 Å². The highest BCUT2D eigenvalue weighted by atomic mass is 35.5. The third-order valence-electron chi connectivity index (χ3n) is 3.63. The lowest BCUT2D eigenvalue weighted by molar-refractivity contribution is 0.103. The lowest BCUT2D eigenvalue weighted by Crippen LogP contribution is -2.08. The molecule has 4 heteroatoms. The van der Waals surface area contributed by atoms with E-state index in [9.17, 15) is 0 Å². The quantitative estimate of drug-likeness (QED) is 0.791. The summed E-state index contributed by atoms with van der Waals surface area (Å²) in [6.45, 7) is 2.29. The minimum absolute atomic E-state index is 0.0275. The van der Waals surface area contributed by atoms with Crippen LogP contribution in [0.25, 0.3) is 0 Å². The van der Waals surface area contributed by atoms with Crippen LogP contribution in [0.4, 0.5) is 0 Å². The molecule has 1 fully saturated rings. The first kappa shape index (κ1) is 13.1. The second-order valence-corrected chi connectivity index (χ2v) is 5.62. The van der Waals surface area contributed by atoms with E-state index in [-0.39, 0.29) is 5.38 Å². The fourth-order valence-electron chi connectivity index (χ4n) is 2.57. The third kappa shape index (κ3) is 3.15. The standard InChI is InChI=1S/C15H19ClO3/c16-13(10-12-3-1-6-17-12)11-4-5-14-15(9-11)19-8-2-7-18-14/h4-5,9,12-13H,1-3,6-8,10H2. The zero-order valence-electron chi connectivity index (χ0n) is 10.9. The third-order valence-corrected chi connectivity index (χ3v) is 4.06. The molecule has 1 saturated heterocycles. The molecule has 3 nitrogen and oxygen atoms in total. The fraction of sp³-hybridized carbons (Fsp3) is 0.600. The van der Waals surface area contributed by atoms with Gasteiger partial charge in [0.1, 0.15) is 0 Å². The minimum atomic E-state index is -0.0275. The van der Waals surface area contributed by atoms with Crippen molar-refractivity contribution < 1.29 is 14.2 Å². The van der Waals surface area contributed by atoms with Gasteiger partial charge in [0.25, 0.3) is 0 Å². The number of halogens is 1. The molecule has 0 N–H and O–H groups in total. The largest absolute Gasteiger partial charge is 0.490 e. The second kappa shape index (κ2) is 6.02. The molecule has 2 aliphatic rings. The number of alkyl halides is 1. The van der Waals surface area contributed by atoms with Gasteiger partial charge < -0.3 is 14.2 Å². The van der Waals surface area contributed by atoms with Crippen LogP contribution < -0.4 is 9.47 Å². The maximum absolute atomic E-state index is 6.49. The van der Waals surface area contributed by atoms with Gasteiger partial charge >= 0.3 is 0 Å². The molecule has 3 rings (SSSR count). The highest BCUT2D eigenvalue weighted by Crippen LogP contribution is 2.36. The van der Waals surface area contributed by atoms with Gasteiger partial charge in [-0.3, -0.25) is 0 Å². The van der Waals surface area contributed by atoms with Crippen LogP contribution >= 0.6 is 11.6 Å². The van der Waals surface area contributed by atoms with E-state index in [1.165, 1.54) is 0 Å². The Balaban J connectivity index is 1.71. The van der Waals surface area contributed by atoms with E-state index in [1.807, 2.05) is 18.2 Å². The lowest BCUT2D eigenvalue weighted by Gasteiger charge is -2.16. The van der Waals surface area contributed by atoms with Gasteiger partial charge in [0, 0.05) is 13.0 Å². The molecule has 2 heterocycles. The van der Waals surface area contributed by atoms with E-state index in [0.717, 1.165) is 49.4 Å². The number of fused-ring (bicyclic) bond motifs is 1. The Morgan fingerprint density at radius 2 is 1.95 bits per heavy atom. The Kier molecular flexibility index (Phi) is 4.14. The molecule has 1 aromatic carbocycles. The average molecular weight is 283 g/mol. The van der Waals surface area contributed by atoms with Gasteiger partial charge in [-0.2, -0.15) is 0 Å². The van der Waals surface area contributed by atoms with Gasteiger partial charge in [-0.15, -0.1) is 11.6 Å². The number of benzene rings is 1. The number of hydrogen-bond acceptors (Lipinski definition) is 3. The Labute approximate surface area is 118 Å². The van der Waals surface area contributed by atoms with Crippen LogP contribution in [0.2, 0.25) is 0 Å². The molecule has 2 unspecified atom stereocenters. The molecule has 104 valence electrons. The number of rotatable bonds is 3. The molecule has 0 aliphatic carbocycles. The van der Waals surface area contributed by atoms with Gasteiger partial charge in [0.05, 0.1) is 24.7 Å². The first-order valence-electron chi connectivity index (χ1n) is 6.98. The monoisotopic (exact) mass is 282 g/mol. The van der Waals surface area contributed by atoms with E-state index < -0.39 is 0 Å². The summed E-state index contributed by atoms with van der Waals surface area (Å²) in [6, 6.07) is 5.99. The molecule has 0 amide bonds. The van der Waals surface area contributed by atoms with Crippen LogP contribution in [0.15, 0.2) is 18.2 Å². The van der Waals surface area contributed by atoms with Crippen molar-refractivity contribution in [3.63, 3.8) is 0 Å². The highest BCUT2D eigenvalue weighted by molar-refractivity contribution is 6.20. The molecule has 0 radical (unpaired) electrons. The molecule has 2 aliphatic heterocycles. The molecule has 0 saturated carbocycles. The summed E-state index contributed by atoms with van der Waals surface area (Å²) in [5, 5.41) is -0.0275. The van der Waals surface area contributed by atoms with Crippen molar-refractivity contribution in [2.24, 2.45) is 0 Å². The summed E-state index contributed by atoms with van der Waals surface area (Å²) in [5.41, 5.74) is 1.08. The van der Waals surface area contributed by atoms with Crippen molar-refractivity contribution in [1.29, 1.82) is 0 Å². The van der Waals surface area contributed by atoms with Crippen molar-refractivity contribution in [3.05, 3.63) is 23.8 Å². The van der Waals surface area contributed by atoms with E-state index in [4.69, 9.17) is 25.8 Å². The zero-order valence-corrected chi connectivity index (χ0v) is 11.7. The summed E-state index contributed by atoms with van der Waals surface area (Å²) in [5.74, 6) is 1.63. The van der Waals surface area contributed by atoms with Crippen molar-refractivity contribution >= 4 is 11.6 Å². The Morgan fingerprint density at radius 3 is 2.74 bits per heavy atom. The SMILES string of the molecule is ClC(CC1CCCO1)c1ccc2c(c1)OCCCO2. The second-order valence-electron chi connectivity index (χ2n) is 5.09. The van der Waals surface area contributed by atoms with Crippen molar-refractivity contribution in [2.45, 2.75) is 37.2 Å². The van der Waals surface area contributed by atoms with Gasteiger partial charge in [-0.05, 0) is 37.0 Å². The van der Waals surface area contributed by atoms with Crippen LogP contribution in [0.5, 0.6) is 11.5 Å². The van der Waals surface area contributed by atoms with E-state index >= 15 is 0 Å². The molecule has 0 spiro atoms. The Bertz CT molecular complexity index is 429. The zero-order chi connectivity index (χ0) is 13.1. The summed E-state index contributed by atoms with van der Waals surface area (Å²) in [4.78, 5) is 0. The maximum Gasteiger partial charge on any atom is 0.161 e. The summed E-state index contributed by atoms with van der Waals surface area (Å²) < 4.78 is 17.0. The van der Waals surface area contributed by atoms with Crippen molar-refractivity contribution in [2.75, 3.05) is 19.8 Å². The first-order valence-corrected chi connectivity index (χ1v) is 7.42. The molecule has 0 aromatic heterocycles. The molecule has 1 aromatic rings. The predicted molar refractivity (Wildman–Crippen MR) is 74.2 cm³/mol. The molecule has 19 heavy (non-hydrogen) atoms. The van der Waals surface area contributed by atoms with Crippen LogP contribution in [0, 0.1) is 0 Å². The summed E-state index contributed by atoms with van der Waals surface area (Å²) >= 11 is 6.49. The predicted octanol–water partition coefficient (Wildman–Crippen LogP) is 3.70. The van der Waals surface area contributed by atoms with Gasteiger partial charge in [0.2, 0.25) is 0 Å². The normalized spacial score (nSPS) is 23.9. The van der Waals surface area contributed by atoms with Crippen LogP contribution in [-0.4, -0.2) is 25.9 Å². The molecular formula is C15H19ClO3. The van der Waals surface area contributed by atoms with Gasteiger partial charge in [0.15, 0.2) is 11.5 Å². The number of hydrogen-bond donors (Lipinski definition) is 0. The lowest BCUT2D eigenvalue weighted by atomic mass is 10.0. The maximum atomic E-state index is 6.49. The van der Waals surface area contributed by atoms with Gasteiger partial charge in [-0.25, -0.2) is 0 Å². The number of ether oxygens (including phenoxy) is 3. The molecule has 2 atom stereocenters. The smallest absolute Gasteiger partial charge is 0.161 e. The Hall–Kier alpha value is -0.930. The molecule has 0 bridgehead atoms. The van der Waals surface area contributed by atoms with Crippen molar-refractivity contribution in [1.82, 2.24) is 0 Å².